The molecule has 0 aromatic carbocycles. The third-order valence-electron chi connectivity index (χ3n) is 3.14. The number of aliphatic hydroxyl groups excluding tert-OH is 2. The molecule has 1 saturated heterocycles. The van der Waals surface area contributed by atoms with E-state index in [1.54, 1.807) is 25.3 Å². The van der Waals surface area contributed by atoms with E-state index in [4.69, 9.17) is 9.15 Å². The quantitative estimate of drug-likeness (QED) is 0.746. The van der Waals surface area contributed by atoms with Gasteiger partial charge in [-0.05, 0) is 18.2 Å². The van der Waals surface area contributed by atoms with Crippen molar-refractivity contribution in [1.29, 1.82) is 0 Å². The number of aliphatic hydroxyl groups is 2. The lowest BCUT2D eigenvalue weighted by atomic mass is 10.0. The van der Waals surface area contributed by atoms with Crippen molar-refractivity contribution < 1.29 is 24.2 Å². The molecule has 1 amide bonds. The minimum Gasteiger partial charge on any atom is -0.465 e. The third kappa shape index (κ3) is 3.23. The first-order valence-corrected chi connectivity index (χ1v) is 6.02. The smallest absolute Gasteiger partial charge is 0.246 e. The number of likely N-dealkylation sites (N-methyl/N-ethyl adjacent to an activating group) is 1. The number of nitrogens with zero attached hydrogens (tertiary/aromatic N) is 1. The standard InChI is InChI=1S/C13H17NO5/c1-14(10-7-18-8-11(15)13(10)17)12(16)5-4-9-3-2-6-19-9/h2-6,10-11,13,15,17H,7-8H2,1H3/t10-,11-,13+/m1/s1. The van der Waals surface area contributed by atoms with Gasteiger partial charge >= 0.3 is 0 Å². The van der Waals surface area contributed by atoms with E-state index in [1.165, 1.54) is 17.2 Å². The SMILES string of the molecule is CN(C(=O)C=Cc1ccco1)[C@@H]1COC[C@@H](O)[C@H]1O. The molecule has 1 aromatic heterocycles. The summed E-state index contributed by atoms with van der Waals surface area (Å²) in [5.74, 6) is 0.278. The normalized spacial score (nSPS) is 27.6. The Kier molecular flexibility index (Phi) is 4.36. The molecular weight excluding hydrogens is 250 g/mol. The Hall–Kier alpha value is -1.63. The highest BCUT2D eigenvalue weighted by Crippen LogP contribution is 2.14. The maximum Gasteiger partial charge on any atom is 0.246 e. The van der Waals surface area contributed by atoms with E-state index in [1.807, 2.05) is 0 Å². The van der Waals surface area contributed by atoms with Gasteiger partial charge in [-0.25, -0.2) is 0 Å². The number of hydrogen-bond acceptors (Lipinski definition) is 5. The van der Waals surface area contributed by atoms with Gasteiger partial charge in [0.25, 0.3) is 0 Å². The van der Waals surface area contributed by atoms with Crippen molar-refractivity contribution in [1.82, 2.24) is 4.90 Å². The third-order valence-corrected chi connectivity index (χ3v) is 3.14. The molecule has 0 saturated carbocycles. The number of hydrogen-bond donors (Lipinski definition) is 2. The van der Waals surface area contributed by atoms with E-state index in [2.05, 4.69) is 0 Å². The predicted octanol–water partition coefficient (Wildman–Crippen LogP) is -0.128. The maximum absolute atomic E-state index is 11.9. The van der Waals surface area contributed by atoms with E-state index in [-0.39, 0.29) is 19.1 Å². The second-order valence-corrected chi connectivity index (χ2v) is 4.46. The molecule has 0 radical (unpaired) electrons. The molecule has 19 heavy (non-hydrogen) atoms. The van der Waals surface area contributed by atoms with E-state index < -0.39 is 18.2 Å². The Morgan fingerprint density at radius 3 is 2.95 bits per heavy atom. The number of carbonyl (C=O) groups is 1. The van der Waals surface area contributed by atoms with Gasteiger partial charge in [-0.3, -0.25) is 4.79 Å². The van der Waals surface area contributed by atoms with Crippen molar-refractivity contribution in [2.24, 2.45) is 0 Å². The summed E-state index contributed by atoms with van der Waals surface area (Å²) in [7, 11) is 1.56. The van der Waals surface area contributed by atoms with Gasteiger partial charge in [0.05, 0.1) is 25.5 Å². The van der Waals surface area contributed by atoms with Crippen LogP contribution in [0, 0.1) is 0 Å². The average Bonchev–Trinajstić information content (AvgIpc) is 2.91. The molecule has 1 fully saturated rings. The Bertz CT molecular complexity index is 442. The summed E-state index contributed by atoms with van der Waals surface area (Å²) in [4.78, 5) is 13.3. The lowest BCUT2D eigenvalue weighted by Gasteiger charge is -2.37. The lowest BCUT2D eigenvalue weighted by Crippen LogP contribution is -2.56. The molecule has 0 bridgehead atoms. The van der Waals surface area contributed by atoms with E-state index in [9.17, 15) is 15.0 Å². The zero-order valence-corrected chi connectivity index (χ0v) is 10.6. The first-order valence-electron chi connectivity index (χ1n) is 6.02. The summed E-state index contributed by atoms with van der Waals surface area (Å²) < 4.78 is 10.2. The average molecular weight is 267 g/mol. The van der Waals surface area contributed by atoms with Crippen molar-refractivity contribution in [3.8, 4) is 0 Å². The van der Waals surface area contributed by atoms with Crippen molar-refractivity contribution in [2.45, 2.75) is 18.2 Å². The summed E-state index contributed by atoms with van der Waals surface area (Å²) in [6, 6.07) is 2.90. The monoisotopic (exact) mass is 267 g/mol. The van der Waals surface area contributed by atoms with Crippen LogP contribution in [0.15, 0.2) is 28.9 Å². The largest absolute Gasteiger partial charge is 0.465 e. The van der Waals surface area contributed by atoms with Crippen LogP contribution in [0.25, 0.3) is 6.08 Å². The van der Waals surface area contributed by atoms with Crippen LogP contribution < -0.4 is 0 Å². The molecule has 0 unspecified atom stereocenters. The zero-order valence-electron chi connectivity index (χ0n) is 10.6. The number of rotatable bonds is 3. The van der Waals surface area contributed by atoms with Crippen LogP contribution in [0.3, 0.4) is 0 Å². The molecule has 2 N–H and O–H groups in total. The molecular formula is C13H17NO5. The van der Waals surface area contributed by atoms with Gasteiger partial charge in [-0.15, -0.1) is 0 Å². The molecule has 1 aliphatic heterocycles. The minimum atomic E-state index is -1.00. The Labute approximate surface area is 110 Å². The van der Waals surface area contributed by atoms with Gasteiger partial charge in [0.1, 0.15) is 18.0 Å². The topological polar surface area (TPSA) is 83.1 Å². The van der Waals surface area contributed by atoms with Crippen LogP contribution >= 0.6 is 0 Å². The highest BCUT2D eigenvalue weighted by Gasteiger charge is 2.35. The van der Waals surface area contributed by atoms with Gasteiger partial charge in [0, 0.05) is 13.1 Å². The van der Waals surface area contributed by atoms with Crippen molar-refractivity contribution in [3.63, 3.8) is 0 Å². The number of amides is 1. The second kappa shape index (κ2) is 6.01. The van der Waals surface area contributed by atoms with Gasteiger partial charge in [-0.2, -0.15) is 0 Å². The number of furan rings is 1. The fraction of sp³-hybridized carbons (Fsp3) is 0.462. The maximum atomic E-state index is 11.9. The van der Waals surface area contributed by atoms with Crippen LogP contribution in [0.1, 0.15) is 5.76 Å². The molecule has 104 valence electrons. The summed E-state index contributed by atoms with van der Waals surface area (Å²) in [6.07, 6.45) is 2.45. The van der Waals surface area contributed by atoms with Crippen molar-refractivity contribution >= 4 is 12.0 Å². The fourth-order valence-corrected chi connectivity index (χ4v) is 1.92. The Morgan fingerprint density at radius 1 is 1.47 bits per heavy atom. The van der Waals surface area contributed by atoms with E-state index in [0.717, 1.165) is 0 Å². The molecule has 6 heteroatoms. The van der Waals surface area contributed by atoms with Crippen LogP contribution in [0.2, 0.25) is 0 Å². The molecule has 0 spiro atoms. The van der Waals surface area contributed by atoms with Crippen LogP contribution in [-0.2, 0) is 9.53 Å². The van der Waals surface area contributed by atoms with Gasteiger partial charge in [0.15, 0.2) is 0 Å². The van der Waals surface area contributed by atoms with Gasteiger partial charge in [0.2, 0.25) is 5.91 Å². The zero-order chi connectivity index (χ0) is 13.8. The molecule has 6 nitrogen and oxygen atoms in total. The summed E-state index contributed by atoms with van der Waals surface area (Å²) in [5, 5.41) is 19.4. The lowest BCUT2D eigenvalue weighted by molar-refractivity contribution is -0.149. The van der Waals surface area contributed by atoms with E-state index in [0.29, 0.717) is 5.76 Å². The van der Waals surface area contributed by atoms with Crippen LogP contribution in [-0.4, -0.2) is 59.5 Å². The summed E-state index contributed by atoms with van der Waals surface area (Å²) in [5.41, 5.74) is 0. The molecule has 2 rings (SSSR count). The highest BCUT2D eigenvalue weighted by atomic mass is 16.5. The second-order valence-electron chi connectivity index (χ2n) is 4.46. The van der Waals surface area contributed by atoms with Gasteiger partial charge in [-0.1, -0.05) is 0 Å². The first-order chi connectivity index (χ1) is 9.09. The Balaban J connectivity index is 1.98. The summed E-state index contributed by atoms with van der Waals surface area (Å²) >= 11 is 0. The first kappa shape index (κ1) is 13.8. The number of carbonyl (C=O) groups excluding carboxylic acids is 1. The van der Waals surface area contributed by atoms with E-state index >= 15 is 0 Å². The molecule has 2 heterocycles. The van der Waals surface area contributed by atoms with Crippen LogP contribution in [0.4, 0.5) is 0 Å². The molecule has 1 aromatic rings. The molecule has 0 aliphatic carbocycles. The van der Waals surface area contributed by atoms with Gasteiger partial charge < -0.3 is 24.3 Å². The van der Waals surface area contributed by atoms with Crippen molar-refractivity contribution in [3.05, 3.63) is 30.2 Å². The minimum absolute atomic E-state index is 0.0852. The fourth-order valence-electron chi connectivity index (χ4n) is 1.92. The molecule has 3 atom stereocenters. The highest BCUT2D eigenvalue weighted by molar-refractivity contribution is 5.91. The van der Waals surface area contributed by atoms with Crippen molar-refractivity contribution in [2.75, 3.05) is 20.3 Å². The molecule has 1 aliphatic rings. The Morgan fingerprint density at radius 2 is 2.26 bits per heavy atom. The number of ether oxygens (including phenoxy) is 1. The predicted molar refractivity (Wildman–Crippen MR) is 67.1 cm³/mol. The van der Waals surface area contributed by atoms with Crippen LogP contribution in [0.5, 0.6) is 0 Å². The summed E-state index contributed by atoms with van der Waals surface area (Å²) in [6.45, 7) is 0.289.